The molecule has 0 unspecified atom stereocenters. The number of halogens is 1. The van der Waals surface area contributed by atoms with Gasteiger partial charge in [-0.3, -0.25) is 4.79 Å². The third-order valence-corrected chi connectivity index (χ3v) is 4.99. The molecule has 0 bridgehead atoms. The first-order chi connectivity index (χ1) is 9.09. The molecule has 3 nitrogen and oxygen atoms in total. The highest BCUT2D eigenvalue weighted by Gasteiger charge is 2.19. The van der Waals surface area contributed by atoms with Crippen LogP contribution in [0.15, 0.2) is 4.79 Å². The summed E-state index contributed by atoms with van der Waals surface area (Å²) >= 11 is 2.12. The molecule has 0 amide bonds. The molecule has 1 aliphatic rings. The quantitative estimate of drug-likeness (QED) is 0.784. The number of hydrogen-bond donors (Lipinski definition) is 1. The third kappa shape index (κ3) is 3.80. The molecule has 0 radical (unpaired) electrons. The van der Waals surface area contributed by atoms with Gasteiger partial charge in [0.05, 0.1) is 9.26 Å². The minimum atomic E-state index is 0.0383. The van der Waals surface area contributed by atoms with Gasteiger partial charge in [-0.05, 0) is 41.4 Å². The van der Waals surface area contributed by atoms with E-state index in [-0.39, 0.29) is 5.56 Å². The molecular weight excluding hydrogens is 351 g/mol. The van der Waals surface area contributed by atoms with Crippen molar-refractivity contribution in [3.8, 4) is 0 Å². The van der Waals surface area contributed by atoms with Crippen LogP contribution >= 0.6 is 22.6 Å². The van der Waals surface area contributed by atoms with Crippen LogP contribution in [-0.4, -0.2) is 9.97 Å². The molecule has 1 aromatic heterocycles. The Bertz CT molecular complexity index is 474. The third-order valence-electron chi connectivity index (χ3n) is 3.95. The minimum Gasteiger partial charge on any atom is -0.309 e. The molecular formula is C15H23IN2O. The topological polar surface area (TPSA) is 45.8 Å². The zero-order valence-electron chi connectivity index (χ0n) is 11.8. The maximum atomic E-state index is 12.1. The van der Waals surface area contributed by atoms with Crippen molar-refractivity contribution in [1.82, 2.24) is 9.97 Å². The Morgan fingerprint density at radius 1 is 1.16 bits per heavy atom. The maximum Gasteiger partial charge on any atom is 0.264 e. The molecule has 0 atom stereocenters. The van der Waals surface area contributed by atoms with Crippen molar-refractivity contribution in [3.63, 3.8) is 0 Å². The minimum absolute atomic E-state index is 0.0383. The lowest BCUT2D eigenvalue weighted by Gasteiger charge is -2.20. The molecule has 106 valence electrons. The first-order valence-corrected chi connectivity index (χ1v) is 8.47. The van der Waals surface area contributed by atoms with E-state index in [4.69, 9.17) is 4.98 Å². The summed E-state index contributed by atoms with van der Waals surface area (Å²) in [5.41, 5.74) is 0.998. The second kappa shape index (κ2) is 6.86. The molecule has 0 saturated heterocycles. The normalized spacial score (nSPS) is 18.3. The van der Waals surface area contributed by atoms with Gasteiger partial charge < -0.3 is 4.98 Å². The lowest BCUT2D eigenvalue weighted by molar-refractivity contribution is 0.440. The van der Waals surface area contributed by atoms with E-state index in [2.05, 4.69) is 41.4 Å². The van der Waals surface area contributed by atoms with E-state index in [1.54, 1.807) is 0 Å². The number of hydrogen-bond acceptors (Lipinski definition) is 2. The Morgan fingerprint density at radius 2 is 1.74 bits per heavy atom. The molecule has 4 heteroatoms. The molecule has 0 aromatic carbocycles. The summed E-state index contributed by atoms with van der Waals surface area (Å²) in [4.78, 5) is 19.8. The van der Waals surface area contributed by atoms with Gasteiger partial charge in [0.25, 0.3) is 5.56 Å². The van der Waals surface area contributed by atoms with Crippen LogP contribution in [-0.2, 0) is 0 Å². The number of H-pyrrole nitrogens is 1. The predicted octanol–water partition coefficient (Wildman–Crippen LogP) is 4.33. The lowest BCUT2D eigenvalue weighted by Crippen LogP contribution is -2.21. The van der Waals surface area contributed by atoms with E-state index in [1.165, 1.54) is 44.9 Å². The first kappa shape index (κ1) is 15.0. The Hall–Kier alpha value is -0.390. The van der Waals surface area contributed by atoms with Gasteiger partial charge >= 0.3 is 0 Å². The van der Waals surface area contributed by atoms with Crippen LogP contribution in [0.25, 0.3) is 0 Å². The van der Waals surface area contributed by atoms with Crippen molar-refractivity contribution in [1.29, 1.82) is 0 Å². The summed E-state index contributed by atoms with van der Waals surface area (Å²) in [5, 5.41) is 0. The molecule has 0 aliphatic heterocycles. The van der Waals surface area contributed by atoms with Gasteiger partial charge in [0, 0.05) is 5.92 Å². The fourth-order valence-electron chi connectivity index (χ4n) is 2.80. The van der Waals surface area contributed by atoms with Gasteiger partial charge in [-0.25, -0.2) is 4.98 Å². The Labute approximate surface area is 128 Å². The number of nitrogens with one attached hydrogen (secondary N) is 1. The smallest absolute Gasteiger partial charge is 0.264 e. The first-order valence-electron chi connectivity index (χ1n) is 7.39. The van der Waals surface area contributed by atoms with Crippen LogP contribution in [0.1, 0.15) is 82.1 Å². The Morgan fingerprint density at radius 3 is 2.32 bits per heavy atom. The average molecular weight is 374 g/mol. The molecule has 19 heavy (non-hydrogen) atoms. The van der Waals surface area contributed by atoms with Crippen LogP contribution in [0.3, 0.4) is 0 Å². The highest BCUT2D eigenvalue weighted by molar-refractivity contribution is 14.1. The highest BCUT2D eigenvalue weighted by Crippen LogP contribution is 2.29. The van der Waals surface area contributed by atoms with E-state index >= 15 is 0 Å². The summed E-state index contributed by atoms with van der Waals surface area (Å²) in [6.45, 7) is 4.21. The van der Waals surface area contributed by atoms with E-state index in [9.17, 15) is 4.79 Å². The van der Waals surface area contributed by atoms with Crippen LogP contribution in [0.5, 0.6) is 0 Å². The van der Waals surface area contributed by atoms with Crippen LogP contribution in [0, 0.1) is 3.57 Å². The zero-order chi connectivity index (χ0) is 13.8. The van der Waals surface area contributed by atoms with Crippen LogP contribution in [0.2, 0.25) is 0 Å². The Balaban J connectivity index is 2.30. The summed E-state index contributed by atoms with van der Waals surface area (Å²) in [6, 6.07) is 0. The number of aromatic nitrogens is 2. The van der Waals surface area contributed by atoms with Gasteiger partial charge in [-0.2, -0.15) is 0 Å². The summed E-state index contributed by atoms with van der Waals surface area (Å²) in [6.07, 6.45) is 8.86. The van der Waals surface area contributed by atoms with E-state index in [0.29, 0.717) is 11.8 Å². The van der Waals surface area contributed by atoms with Crippen molar-refractivity contribution >= 4 is 22.6 Å². The molecule has 1 heterocycles. The standard InChI is InChI=1S/C15H23IN2O/c1-10(2)13-12(16)15(19)18-14(17-13)11-8-6-4-3-5-7-9-11/h10-11H,3-9H2,1-2H3,(H,17,18,19). The van der Waals surface area contributed by atoms with Gasteiger partial charge in [-0.1, -0.05) is 46.0 Å². The van der Waals surface area contributed by atoms with Crippen molar-refractivity contribution in [2.24, 2.45) is 0 Å². The molecule has 1 saturated carbocycles. The SMILES string of the molecule is CC(C)c1nc(C2CCCCCCC2)[nH]c(=O)c1I. The fourth-order valence-corrected chi connectivity index (χ4v) is 3.68. The highest BCUT2D eigenvalue weighted by atomic mass is 127. The molecule has 1 N–H and O–H groups in total. The lowest BCUT2D eigenvalue weighted by atomic mass is 9.90. The van der Waals surface area contributed by atoms with Crippen LogP contribution < -0.4 is 5.56 Å². The van der Waals surface area contributed by atoms with Crippen molar-refractivity contribution in [2.45, 2.75) is 70.6 Å². The number of aromatic amines is 1. The molecule has 1 fully saturated rings. The molecule has 1 aliphatic carbocycles. The van der Waals surface area contributed by atoms with Gasteiger partial charge in [0.2, 0.25) is 0 Å². The second-order valence-corrected chi connectivity index (χ2v) is 6.93. The van der Waals surface area contributed by atoms with Crippen molar-refractivity contribution < 1.29 is 0 Å². The predicted molar refractivity (Wildman–Crippen MR) is 86.7 cm³/mol. The van der Waals surface area contributed by atoms with Crippen molar-refractivity contribution in [3.05, 3.63) is 25.4 Å². The van der Waals surface area contributed by atoms with E-state index in [0.717, 1.165) is 15.1 Å². The average Bonchev–Trinajstić information content (AvgIpc) is 2.32. The summed E-state index contributed by atoms with van der Waals surface area (Å²) in [5.74, 6) is 1.68. The molecule has 1 aromatic rings. The van der Waals surface area contributed by atoms with E-state index < -0.39 is 0 Å². The number of nitrogens with zero attached hydrogens (tertiary/aromatic N) is 1. The van der Waals surface area contributed by atoms with Gasteiger partial charge in [0.1, 0.15) is 5.82 Å². The summed E-state index contributed by atoms with van der Waals surface area (Å²) in [7, 11) is 0. The monoisotopic (exact) mass is 374 g/mol. The van der Waals surface area contributed by atoms with Crippen LogP contribution in [0.4, 0.5) is 0 Å². The fraction of sp³-hybridized carbons (Fsp3) is 0.733. The maximum absolute atomic E-state index is 12.1. The number of rotatable bonds is 2. The van der Waals surface area contributed by atoms with Crippen molar-refractivity contribution in [2.75, 3.05) is 0 Å². The largest absolute Gasteiger partial charge is 0.309 e. The van der Waals surface area contributed by atoms with Gasteiger partial charge in [-0.15, -0.1) is 0 Å². The molecule has 0 spiro atoms. The second-order valence-electron chi connectivity index (χ2n) is 5.85. The molecule has 2 rings (SSSR count). The Kier molecular flexibility index (Phi) is 5.42. The summed E-state index contributed by atoms with van der Waals surface area (Å²) < 4.78 is 0.752. The zero-order valence-corrected chi connectivity index (χ0v) is 14.0. The van der Waals surface area contributed by atoms with Gasteiger partial charge in [0.15, 0.2) is 0 Å². The van der Waals surface area contributed by atoms with E-state index in [1.807, 2.05) is 0 Å².